The molecule has 6 heteroatoms. The van der Waals surface area contributed by atoms with Gasteiger partial charge in [-0.25, -0.2) is 0 Å². The first-order valence-electron chi connectivity index (χ1n) is 3.96. The molecule has 4 atom stereocenters. The lowest BCUT2D eigenvalue weighted by atomic mass is 10.0. The van der Waals surface area contributed by atoms with Crippen LogP contribution >= 0.6 is 11.9 Å². The van der Waals surface area contributed by atoms with Gasteiger partial charge in [0, 0.05) is 11.9 Å². The lowest BCUT2D eigenvalue weighted by Gasteiger charge is -2.30. The summed E-state index contributed by atoms with van der Waals surface area (Å²) in [5, 5.41) is 18.8. The summed E-state index contributed by atoms with van der Waals surface area (Å²) in [7, 11) is 0. The zero-order chi connectivity index (χ0) is 9.59. The van der Waals surface area contributed by atoms with E-state index in [0.717, 1.165) is 11.9 Å². The average molecular weight is 203 g/mol. The van der Waals surface area contributed by atoms with Crippen LogP contribution in [0.2, 0.25) is 0 Å². The monoisotopic (exact) mass is 203 g/mol. The second-order valence-electron chi connectivity index (χ2n) is 3.26. The summed E-state index contributed by atoms with van der Waals surface area (Å²) < 4.78 is 1.26. The van der Waals surface area contributed by atoms with Gasteiger partial charge in [-0.3, -0.25) is 13.9 Å². The Bertz CT molecular complexity index is 259. The van der Waals surface area contributed by atoms with E-state index in [1.54, 1.807) is 0 Å². The lowest BCUT2D eigenvalue weighted by Crippen LogP contribution is -2.48. The Hall–Kier alpha value is -0.590. The van der Waals surface area contributed by atoms with Crippen LogP contribution in [-0.2, 0) is 9.59 Å². The summed E-state index contributed by atoms with van der Waals surface area (Å²) in [4.78, 5) is 21.6. The SMILES string of the molecule is O=CSN1C(=O)C2CC1C(O)C2O. The van der Waals surface area contributed by atoms with Crippen LogP contribution in [0.4, 0.5) is 0 Å². The summed E-state index contributed by atoms with van der Waals surface area (Å²) >= 11 is 0.748. The van der Waals surface area contributed by atoms with Gasteiger partial charge in [-0.15, -0.1) is 0 Å². The summed E-state index contributed by atoms with van der Waals surface area (Å²) in [5.41, 5.74) is 0.553. The van der Waals surface area contributed by atoms with Crippen molar-refractivity contribution in [2.24, 2.45) is 5.92 Å². The molecule has 1 aliphatic carbocycles. The molecule has 2 bridgehead atoms. The number of rotatable bonds is 2. The Kier molecular flexibility index (Phi) is 2.05. The van der Waals surface area contributed by atoms with Crippen molar-refractivity contribution in [3.63, 3.8) is 0 Å². The number of carbonyl (C=O) groups excluding carboxylic acids is 2. The van der Waals surface area contributed by atoms with Crippen LogP contribution in [0.5, 0.6) is 0 Å². The number of piperidine rings is 1. The fraction of sp³-hybridized carbons (Fsp3) is 0.714. The van der Waals surface area contributed by atoms with Gasteiger partial charge in [-0.1, -0.05) is 0 Å². The molecule has 2 aliphatic rings. The van der Waals surface area contributed by atoms with Crippen LogP contribution in [0.15, 0.2) is 0 Å². The molecule has 2 fully saturated rings. The third-order valence-corrected chi connectivity index (χ3v) is 3.41. The zero-order valence-electron chi connectivity index (χ0n) is 6.66. The fourth-order valence-electron chi connectivity index (χ4n) is 1.99. The lowest BCUT2D eigenvalue weighted by molar-refractivity contribution is -0.138. The van der Waals surface area contributed by atoms with E-state index < -0.39 is 24.2 Å². The first-order valence-corrected chi connectivity index (χ1v) is 4.80. The molecule has 2 N–H and O–H groups in total. The van der Waals surface area contributed by atoms with Crippen molar-refractivity contribution in [3.8, 4) is 0 Å². The summed E-state index contributed by atoms with van der Waals surface area (Å²) in [6.07, 6.45) is -1.42. The molecule has 1 aliphatic heterocycles. The third kappa shape index (κ3) is 1.09. The summed E-state index contributed by atoms with van der Waals surface area (Å²) in [6.45, 7) is 0. The van der Waals surface area contributed by atoms with E-state index in [1.807, 2.05) is 0 Å². The molecular weight excluding hydrogens is 194 g/mol. The summed E-state index contributed by atoms with van der Waals surface area (Å²) in [6, 6.07) is -0.400. The molecule has 0 aromatic rings. The van der Waals surface area contributed by atoms with Crippen molar-refractivity contribution < 1.29 is 19.8 Å². The van der Waals surface area contributed by atoms with Crippen molar-refractivity contribution in [1.82, 2.24) is 4.31 Å². The molecule has 0 radical (unpaired) electrons. The van der Waals surface area contributed by atoms with Gasteiger partial charge < -0.3 is 10.2 Å². The minimum atomic E-state index is -0.957. The molecule has 0 aromatic carbocycles. The normalized spacial score (nSPS) is 42.9. The van der Waals surface area contributed by atoms with Gasteiger partial charge in [0.05, 0.1) is 18.1 Å². The number of fused-ring (bicyclic) bond motifs is 2. The minimum Gasteiger partial charge on any atom is -0.390 e. The predicted octanol–water partition coefficient (Wildman–Crippen LogP) is -1.22. The number of nitrogens with zero attached hydrogens (tertiary/aromatic N) is 1. The predicted molar refractivity (Wildman–Crippen MR) is 45.1 cm³/mol. The number of aliphatic hydroxyl groups excluding tert-OH is 2. The highest BCUT2D eigenvalue weighted by molar-refractivity contribution is 8.10. The fourth-order valence-corrected chi connectivity index (χ4v) is 2.69. The number of carbonyl (C=O) groups is 2. The van der Waals surface area contributed by atoms with Gasteiger partial charge in [0.25, 0.3) is 0 Å². The molecule has 1 amide bonds. The third-order valence-electron chi connectivity index (χ3n) is 2.64. The number of hydrogen-bond donors (Lipinski definition) is 2. The van der Waals surface area contributed by atoms with Crippen LogP contribution in [0.3, 0.4) is 0 Å². The first-order chi connectivity index (χ1) is 6.16. The van der Waals surface area contributed by atoms with Gasteiger partial charge in [-0.2, -0.15) is 0 Å². The van der Waals surface area contributed by atoms with Crippen molar-refractivity contribution in [2.45, 2.75) is 24.7 Å². The van der Waals surface area contributed by atoms with Gasteiger partial charge >= 0.3 is 0 Å². The number of aliphatic hydroxyl groups is 2. The molecule has 4 unspecified atom stereocenters. The van der Waals surface area contributed by atoms with Gasteiger partial charge in [0.2, 0.25) is 5.91 Å². The average Bonchev–Trinajstić information content (AvgIpc) is 2.55. The second kappa shape index (κ2) is 2.97. The van der Waals surface area contributed by atoms with E-state index in [0.29, 0.717) is 12.0 Å². The van der Waals surface area contributed by atoms with E-state index >= 15 is 0 Å². The summed E-state index contributed by atoms with van der Waals surface area (Å²) in [5.74, 6) is -0.771. The number of hydrogen-bond acceptors (Lipinski definition) is 5. The highest BCUT2D eigenvalue weighted by atomic mass is 32.2. The zero-order valence-corrected chi connectivity index (χ0v) is 7.48. The standard InChI is InChI=1S/C7H9NO4S/c9-2-13-8-4-1-3(7(8)12)5(10)6(4)11/h2-6,10-11H,1H2. The van der Waals surface area contributed by atoms with E-state index in [-0.39, 0.29) is 5.91 Å². The Morgan fingerprint density at radius 3 is 2.69 bits per heavy atom. The van der Waals surface area contributed by atoms with Crippen molar-refractivity contribution >= 4 is 23.5 Å². The van der Waals surface area contributed by atoms with Crippen LogP contribution in [0.1, 0.15) is 6.42 Å². The quantitative estimate of drug-likeness (QED) is 0.434. The Labute approximate surface area is 78.8 Å². The van der Waals surface area contributed by atoms with Crippen LogP contribution in [0, 0.1) is 5.92 Å². The van der Waals surface area contributed by atoms with Gasteiger partial charge in [0.1, 0.15) is 6.10 Å². The van der Waals surface area contributed by atoms with E-state index in [2.05, 4.69) is 0 Å². The topological polar surface area (TPSA) is 77.8 Å². The largest absolute Gasteiger partial charge is 0.390 e. The van der Waals surface area contributed by atoms with Crippen molar-refractivity contribution in [3.05, 3.63) is 0 Å². The molecule has 2 rings (SSSR count). The molecule has 5 nitrogen and oxygen atoms in total. The van der Waals surface area contributed by atoms with Crippen molar-refractivity contribution in [2.75, 3.05) is 0 Å². The Morgan fingerprint density at radius 2 is 2.15 bits per heavy atom. The van der Waals surface area contributed by atoms with E-state index in [4.69, 9.17) is 0 Å². The Morgan fingerprint density at radius 1 is 1.46 bits per heavy atom. The maximum Gasteiger partial charge on any atom is 0.239 e. The number of amides is 1. The van der Waals surface area contributed by atoms with Crippen LogP contribution < -0.4 is 0 Å². The molecule has 13 heavy (non-hydrogen) atoms. The van der Waals surface area contributed by atoms with Crippen LogP contribution in [-0.4, -0.2) is 44.3 Å². The highest BCUT2D eigenvalue weighted by Gasteiger charge is 2.56. The maximum absolute atomic E-state index is 11.4. The molecule has 1 saturated carbocycles. The second-order valence-corrected chi connectivity index (χ2v) is 4.05. The van der Waals surface area contributed by atoms with Crippen LogP contribution in [0.25, 0.3) is 0 Å². The van der Waals surface area contributed by atoms with Gasteiger partial charge in [0.15, 0.2) is 5.62 Å². The van der Waals surface area contributed by atoms with Gasteiger partial charge in [-0.05, 0) is 6.42 Å². The maximum atomic E-state index is 11.4. The van der Waals surface area contributed by atoms with E-state index in [1.165, 1.54) is 4.31 Å². The molecule has 0 aromatic heterocycles. The van der Waals surface area contributed by atoms with Crippen molar-refractivity contribution in [1.29, 1.82) is 0 Å². The smallest absolute Gasteiger partial charge is 0.239 e. The highest BCUT2D eigenvalue weighted by Crippen LogP contribution is 2.41. The minimum absolute atomic E-state index is 0.250. The molecular formula is C7H9NO4S. The molecule has 1 heterocycles. The molecule has 0 spiro atoms. The molecule has 72 valence electrons. The first kappa shape index (κ1) is 8.98. The Balaban J connectivity index is 2.19. The molecule has 1 saturated heterocycles. The van der Waals surface area contributed by atoms with E-state index in [9.17, 15) is 19.8 Å².